The quantitative estimate of drug-likeness (QED) is 0.601. The van der Waals surface area contributed by atoms with Crippen molar-refractivity contribution >= 4 is 5.91 Å². The number of methoxy groups -OCH3 is 1. The van der Waals surface area contributed by atoms with E-state index in [-0.39, 0.29) is 18.6 Å². The highest BCUT2D eigenvalue weighted by molar-refractivity contribution is 5.78. The maximum Gasteiger partial charge on any atom is 0.234 e. The predicted octanol–water partition coefficient (Wildman–Crippen LogP) is -0.548. The van der Waals surface area contributed by atoms with E-state index in [0.717, 1.165) is 13.0 Å². The Morgan fingerprint density at radius 1 is 1.62 bits per heavy atom. The SMILES string of the molecule is COCCNC(=O)CN1CCC(C)C1CO. The predicted molar refractivity (Wildman–Crippen MR) is 61.1 cm³/mol. The van der Waals surface area contributed by atoms with E-state index in [4.69, 9.17) is 4.74 Å². The van der Waals surface area contributed by atoms with E-state index in [1.165, 1.54) is 0 Å². The zero-order chi connectivity index (χ0) is 12.0. The number of carbonyl (C=O) groups excluding carboxylic acids is 1. The number of aliphatic hydroxyl groups is 1. The topological polar surface area (TPSA) is 61.8 Å². The van der Waals surface area contributed by atoms with Gasteiger partial charge >= 0.3 is 0 Å². The second-order valence-electron chi connectivity index (χ2n) is 4.33. The number of ether oxygens (including phenoxy) is 1. The zero-order valence-electron chi connectivity index (χ0n) is 10.1. The summed E-state index contributed by atoms with van der Waals surface area (Å²) < 4.78 is 4.85. The molecule has 1 aliphatic heterocycles. The molecule has 1 amide bonds. The lowest BCUT2D eigenvalue weighted by molar-refractivity contribution is -0.122. The smallest absolute Gasteiger partial charge is 0.234 e. The Labute approximate surface area is 96.8 Å². The summed E-state index contributed by atoms with van der Waals surface area (Å²) >= 11 is 0. The molecule has 0 aromatic rings. The normalized spacial score (nSPS) is 25.9. The molecule has 2 unspecified atom stereocenters. The monoisotopic (exact) mass is 230 g/mol. The maximum atomic E-state index is 11.6. The minimum atomic E-state index is 0.00426. The van der Waals surface area contributed by atoms with Crippen molar-refractivity contribution in [1.82, 2.24) is 10.2 Å². The van der Waals surface area contributed by atoms with Crippen molar-refractivity contribution in [3.05, 3.63) is 0 Å². The zero-order valence-corrected chi connectivity index (χ0v) is 10.1. The van der Waals surface area contributed by atoms with Crippen LogP contribution < -0.4 is 5.32 Å². The molecule has 1 fully saturated rings. The molecule has 2 N–H and O–H groups in total. The molecule has 1 saturated heterocycles. The van der Waals surface area contributed by atoms with Gasteiger partial charge in [-0.25, -0.2) is 0 Å². The molecule has 0 spiro atoms. The van der Waals surface area contributed by atoms with Crippen LogP contribution in [0.15, 0.2) is 0 Å². The molecule has 1 rings (SSSR count). The second-order valence-corrected chi connectivity index (χ2v) is 4.33. The Hall–Kier alpha value is -0.650. The van der Waals surface area contributed by atoms with Crippen LogP contribution in [0, 0.1) is 5.92 Å². The Morgan fingerprint density at radius 2 is 2.38 bits per heavy atom. The van der Waals surface area contributed by atoms with Gasteiger partial charge in [-0.3, -0.25) is 9.69 Å². The van der Waals surface area contributed by atoms with Crippen molar-refractivity contribution in [2.45, 2.75) is 19.4 Å². The number of likely N-dealkylation sites (tertiary alicyclic amines) is 1. The van der Waals surface area contributed by atoms with Crippen molar-refractivity contribution in [3.63, 3.8) is 0 Å². The Kier molecular flexibility index (Phi) is 5.73. The first-order valence-corrected chi connectivity index (χ1v) is 5.79. The third-order valence-electron chi connectivity index (χ3n) is 3.16. The van der Waals surface area contributed by atoms with Crippen LogP contribution in [-0.4, -0.2) is 61.9 Å². The van der Waals surface area contributed by atoms with Gasteiger partial charge in [0.25, 0.3) is 0 Å². The summed E-state index contributed by atoms with van der Waals surface area (Å²) in [5.41, 5.74) is 0. The minimum Gasteiger partial charge on any atom is -0.395 e. The number of carbonyl (C=O) groups is 1. The van der Waals surface area contributed by atoms with E-state index in [2.05, 4.69) is 12.2 Å². The molecular weight excluding hydrogens is 208 g/mol. The summed E-state index contributed by atoms with van der Waals surface area (Å²) in [6, 6.07) is 0.133. The average molecular weight is 230 g/mol. The van der Waals surface area contributed by atoms with Gasteiger partial charge in [0.05, 0.1) is 19.8 Å². The second kappa shape index (κ2) is 6.83. The molecule has 5 nitrogen and oxygen atoms in total. The van der Waals surface area contributed by atoms with Gasteiger partial charge in [-0.1, -0.05) is 6.92 Å². The summed E-state index contributed by atoms with van der Waals surface area (Å²) in [6.45, 7) is 4.59. The van der Waals surface area contributed by atoms with E-state index in [1.807, 2.05) is 4.90 Å². The van der Waals surface area contributed by atoms with E-state index in [9.17, 15) is 9.90 Å². The van der Waals surface area contributed by atoms with Crippen LogP contribution in [0.3, 0.4) is 0 Å². The minimum absolute atomic E-state index is 0.00426. The van der Waals surface area contributed by atoms with Crippen molar-refractivity contribution in [2.75, 3.05) is 40.0 Å². The van der Waals surface area contributed by atoms with Gasteiger partial charge in [0.15, 0.2) is 0 Å². The van der Waals surface area contributed by atoms with Crippen molar-refractivity contribution in [3.8, 4) is 0 Å². The number of aliphatic hydroxyl groups excluding tert-OH is 1. The first kappa shape index (κ1) is 13.4. The van der Waals surface area contributed by atoms with Gasteiger partial charge in [0, 0.05) is 19.7 Å². The molecule has 0 aliphatic carbocycles. The van der Waals surface area contributed by atoms with Crippen LogP contribution in [0.1, 0.15) is 13.3 Å². The Morgan fingerprint density at radius 3 is 3.00 bits per heavy atom. The molecule has 5 heteroatoms. The molecule has 1 heterocycles. The fraction of sp³-hybridized carbons (Fsp3) is 0.909. The van der Waals surface area contributed by atoms with Crippen LogP contribution in [0.5, 0.6) is 0 Å². The van der Waals surface area contributed by atoms with Crippen molar-refractivity contribution < 1.29 is 14.6 Å². The molecule has 94 valence electrons. The maximum absolute atomic E-state index is 11.6. The Bertz CT molecular complexity index is 223. The third kappa shape index (κ3) is 3.73. The third-order valence-corrected chi connectivity index (χ3v) is 3.16. The molecule has 0 aromatic heterocycles. The van der Waals surface area contributed by atoms with E-state index in [1.54, 1.807) is 7.11 Å². The van der Waals surface area contributed by atoms with Gasteiger partial charge < -0.3 is 15.2 Å². The van der Waals surface area contributed by atoms with Crippen LogP contribution in [0.2, 0.25) is 0 Å². The van der Waals surface area contributed by atoms with E-state index in [0.29, 0.717) is 25.6 Å². The standard InChI is InChI=1S/C11H22N2O3/c1-9-3-5-13(10(9)8-14)7-11(15)12-4-6-16-2/h9-10,14H,3-8H2,1-2H3,(H,12,15). The first-order chi connectivity index (χ1) is 7.69. The van der Waals surface area contributed by atoms with Crippen molar-refractivity contribution in [2.24, 2.45) is 5.92 Å². The number of amides is 1. The lowest BCUT2D eigenvalue weighted by Gasteiger charge is -2.24. The first-order valence-electron chi connectivity index (χ1n) is 5.79. The molecule has 0 radical (unpaired) electrons. The largest absolute Gasteiger partial charge is 0.395 e. The van der Waals surface area contributed by atoms with Crippen LogP contribution in [0.4, 0.5) is 0 Å². The summed E-state index contributed by atoms with van der Waals surface area (Å²) in [7, 11) is 1.61. The van der Waals surface area contributed by atoms with Crippen LogP contribution >= 0.6 is 0 Å². The summed E-state index contributed by atoms with van der Waals surface area (Å²) in [6.07, 6.45) is 1.05. The summed E-state index contributed by atoms with van der Waals surface area (Å²) in [5.74, 6) is 0.473. The van der Waals surface area contributed by atoms with E-state index >= 15 is 0 Å². The summed E-state index contributed by atoms with van der Waals surface area (Å²) in [4.78, 5) is 13.6. The highest BCUT2D eigenvalue weighted by Gasteiger charge is 2.31. The van der Waals surface area contributed by atoms with E-state index < -0.39 is 0 Å². The molecule has 16 heavy (non-hydrogen) atoms. The number of hydrogen-bond donors (Lipinski definition) is 2. The molecule has 0 saturated carbocycles. The number of nitrogens with zero attached hydrogens (tertiary/aromatic N) is 1. The molecule has 0 bridgehead atoms. The average Bonchev–Trinajstić information content (AvgIpc) is 2.59. The van der Waals surface area contributed by atoms with Gasteiger partial charge in [-0.05, 0) is 18.9 Å². The van der Waals surface area contributed by atoms with Crippen molar-refractivity contribution in [1.29, 1.82) is 0 Å². The number of rotatable bonds is 6. The molecule has 1 aliphatic rings. The van der Waals surface area contributed by atoms with Gasteiger partial charge in [0.1, 0.15) is 0 Å². The number of hydrogen-bond acceptors (Lipinski definition) is 4. The Balaban J connectivity index is 2.28. The molecular formula is C11H22N2O3. The van der Waals surface area contributed by atoms with Crippen LogP contribution in [0.25, 0.3) is 0 Å². The van der Waals surface area contributed by atoms with Gasteiger partial charge in [0.2, 0.25) is 5.91 Å². The fourth-order valence-electron chi connectivity index (χ4n) is 2.11. The van der Waals surface area contributed by atoms with Gasteiger partial charge in [-0.15, -0.1) is 0 Å². The summed E-state index contributed by atoms with van der Waals surface area (Å²) in [5, 5.41) is 12.0. The molecule has 0 aromatic carbocycles. The fourth-order valence-corrected chi connectivity index (χ4v) is 2.11. The lowest BCUT2D eigenvalue weighted by atomic mass is 10.0. The lowest BCUT2D eigenvalue weighted by Crippen LogP contribution is -2.43. The molecule has 2 atom stereocenters. The highest BCUT2D eigenvalue weighted by Crippen LogP contribution is 2.22. The highest BCUT2D eigenvalue weighted by atomic mass is 16.5. The van der Waals surface area contributed by atoms with Crippen LogP contribution in [-0.2, 0) is 9.53 Å². The van der Waals surface area contributed by atoms with Gasteiger partial charge in [-0.2, -0.15) is 0 Å². The number of nitrogens with one attached hydrogen (secondary N) is 1.